The summed E-state index contributed by atoms with van der Waals surface area (Å²) in [7, 11) is 0. The van der Waals surface area contributed by atoms with Gasteiger partial charge in [0.15, 0.2) is 5.78 Å². The average Bonchev–Trinajstić information content (AvgIpc) is 2.39. The molecule has 1 aromatic carbocycles. The van der Waals surface area contributed by atoms with Crippen LogP contribution in [0.5, 0.6) is 0 Å². The van der Waals surface area contributed by atoms with Crippen molar-refractivity contribution in [2.75, 3.05) is 32.7 Å². The Bertz CT molecular complexity index is 436. The number of hydrogen-bond acceptors (Lipinski definition) is 3. The molecular weight excluding hydrogens is 236 g/mol. The van der Waals surface area contributed by atoms with Crippen molar-refractivity contribution in [2.24, 2.45) is 0 Å². The van der Waals surface area contributed by atoms with E-state index in [0.717, 1.165) is 50.3 Å². The molecule has 1 N–H and O–H groups in total. The van der Waals surface area contributed by atoms with Crippen LogP contribution < -0.4 is 5.32 Å². The Labute approximate surface area is 116 Å². The molecule has 3 heteroatoms. The summed E-state index contributed by atoms with van der Waals surface area (Å²) in [6.07, 6.45) is 1.62. The lowest BCUT2D eigenvalue weighted by Crippen LogP contribution is -2.43. The Hall–Kier alpha value is -1.19. The summed E-state index contributed by atoms with van der Waals surface area (Å²) in [5.74, 6) is 0.285. The second kappa shape index (κ2) is 6.83. The van der Waals surface area contributed by atoms with Crippen LogP contribution in [0.4, 0.5) is 0 Å². The van der Waals surface area contributed by atoms with Gasteiger partial charge in [0.25, 0.3) is 0 Å². The number of Topliss-reactive ketones (excluding diaryl/α,β-unsaturated/α-hetero) is 1. The second-order valence-corrected chi connectivity index (χ2v) is 5.44. The number of benzene rings is 1. The Morgan fingerprint density at radius 3 is 2.68 bits per heavy atom. The van der Waals surface area contributed by atoms with E-state index in [-0.39, 0.29) is 5.78 Å². The van der Waals surface area contributed by atoms with Gasteiger partial charge >= 0.3 is 0 Å². The molecule has 0 bridgehead atoms. The van der Waals surface area contributed by atoms with E-state index in [9.17, 15) is 4.79 Å². The van der Waals surface area contributed by atoms with Gasteiger partial charge in [0.2, 0.25) is 0 Å². The van der Waals surface area contributed by atoms with E-state index < -0.39 is 0 Å². The van der Waals surface area contributed by atoms with Gasteiger partial charge in [-0.05, 0) is 32.4 Å². The fraction of sp³-hybridized carbons (Fsp3) is 0.562. The minimum Gasteiger partial charge on any atom is -0.314 e. The van der Waals surface area contributed by atoms with Crippen LogP contribution in [0.25, 0.3) is 0 Å². The highest BCUT2D eigenvalue weighted by molar-refractivity contribution is 5.97. The van der Waals surface area contributed by atoms with Gasteiger partial charge in [-0.1, -0.05) is 23.8 Å². The SMILES string of the molecule is Cc1ccc(C(=O)CCCN2CCNCC2)c(C)c1. The maximum Gasteiger partial charge on any atom is 0.163 e. The molecule has 19 heavy (non-hydrogen) atoms. The van der Waals surface area contributed by atoms with Gasteiger partial charge in [0.1, 0.15) is 0 Å². The summed E-state index contributed by atoms with van der Waals surface area (Å²) in [5.41, 5.74) is 3.22. The van der Waals surface area contributed by atoms with Crippen molar-refractivity contribution in [1.29, 1.82) is 0 Å². The van der Waals surface area contributed by atoms with Crippen molar-refractivity contribution in [3.05, 3.63) is 34.9 Å². The normalized spacial score (nSPS) is 16.5. The molecule has 0 radical (unpaired) electrons. The molecule has 0 amide bonds. The van der Waals surface area contributed by atoms with Crippen molar-refractivity contribution < 1.29 is 4.79 Å². The first kappa shape index (κ1) is 14.2. The zero-order valence-corrected chi connectivity index (χ0v) is 12.0. The Balaban J connectivity index is 1.80. The number of piperazine rings is 1. The highest BCUT2D eigenvalue weighted by atomic mass is 16.1. The van der Waals surface area contributed by atoms with E-state index >= 15 is 0 Å². The minimum absolute atomic E-state index is 0.285. The molecule has 0 spiro atoms. The van der Waals surface area contributed by atoms with Crippen molar-refractivity contribution in [3.8, 4) is 0 Å². The number of rotatable bonds is 5. The van der Waals surface area contributed by atoms with E-state index in [1.54, 1.807) is 0 Å². The van der Waals surface area contributed by atoms with Crippen LogP contribution in [0, 0.1) is 13.8 Å². The fourth-order valence-electron chi connectivity index (χ4n) is 2.66. The first-order valence-electron chi connectivity index (χ1n) is 7.20. The Morgan fingerprint density at radius 2 is 2.00 bits per heavy atom. The van der Waals surface area contributed by atoms with E-state index in [1.165, 1.54) is 5.56 Å². The van der Waals surface area contributed by atoms with Crippen LogP contribution in [0.1, 0.15) is 34.3 Å². The van der Waals surface area contributed by atoms with Gasteiger partial charge in [-0.15, -0.1) is 0 Å². The first-order chi connectivity index (χ1) is 9.16. The molecule has 1 aliphatic rings. The van der Waals surface area contributed by atoms with Crippen molar-refractivity contribution in [3.63, 3.8) is 0 Å². The van der Waals surface area contributed by atoms with Crippen LogP contribution in [-0.4, -0.2) is 43.4 Å². The van der Waals surface area contributed by atoms with Gasteiger partial charge in [0.05, 0.1) is 0 Å². The Kier molecular flexibility index (Phi) is 5.11. The molecule has 1 heterocycles. The third-order valence-electron chi connectivity index (χ3n) is 3.77. The van der Waals surface area contributed by atoms with Crippen molar-refractivity contribution in [2.45, 2.75) is 26.7 Å². The topological polar surface area (TPSA) is 32.3 Å². The smallest absolute Gasteiger partial charge is 0.163 e. The lowest BCUT2D eigenvalue weighted by Gasteiger charge is -2.26. The zero-order valence-electron chi connectivity index (χ0n) is 12.0. The summed E-state index contributed by atoms with van der Waals surface area (Å²) in [6.45, 7) is 9.49. The second-order valence-electron chi connectivity index (χ2n) is 5.44. The van der Waals surface area contributed by atoms with Gasteiger partial charge in [0, 0.05) is 38.2 Å². The number of nitrogens with one attached hydrogen (secondary N) is 1. The van der Waals surface area contributed by atoms with E-state index in [4.69, 9.17) is 0 Å². The van der Waals surface area contributed by atoms with Crippen LogP contribution in [-0.2, 0) is 0 Å². The van der Waals surface area contributed by atoms with E-state index in [1.807, 2.05) is 19.1 Å². The predicted molar refractivity (Wildman–Crippen MR) is 78.8 cm³/mol. The Morgan fingerprint density at radius 1 is 1.26 bits per heavy atom. The standard InChI is InChI=1S/C16H24N2O/c1-13-5-6-15(14(2)12-13)16(19)4-3-9-18-10-7-17-8-11-18/h5-6,12,17H,3-4,7-11H2,1-2H3. The number of aryl methyl sites for hydroxylation is 2. The van der Waals surface area contributed by atoms with Gasteiger partial charge < -0.3 is 10.2 Å². The van der Waals surface area contributed by atoms with Gasteiger partial charge in [-0.2, -0.15) is 0 Å². The lowest BCUT2D eigenvalue weighted by atomic mass is 9.99. The predicted octanol–water partition coefficient (Wildman–Crippen LogP) is 2.17. The van der Waals surface area contributed by atoms with Crippen LogP contribution >= 0.6 is 0 Å². The largest absolute Gasteiger partial charge is 0.314 e. The van der Waals surface area contributed by atoms with Crippen LogP contribution in [0.15, 0.2) is 18.2 Å². The van der Waals surface area contributed by atoms with Crippen molar-refractivity contribution in [1.82, 2.24) is 10.2 Å². The first-order valence-corrected chi connectivity index (χ1v) is 7.20. The summed E-state index contributed by atoms with van der Waals surface area (Å²) in [6, 6.07) is 6.08. The van der Waals surface area contributed by atoms with Crippen LogP contribution in [0.3, 0.4) is 0 Å². The summed E-state index contributed by atoms with van der Waals surface area (Å²) < 4.78 is 0. The minimum atomic E-state index is 0.285. The molecule has 104 valence electrons. The maximum atomic E-state index is 12.2. The number of nitrogens with zero attached hydrogens (tertiary/aromatic N) is 1. The highest BCUT2D eigenvalue weighted by Gasteiger charge is 2.12. The lowest BCUT2D eigenvalue weighted by molar-refractivity contribution is 0.0973. The summed E-state index contributed by atoms with van der Waals surface area (Å²) in [5, 5.41) is 3.34. The molecule has 0 atom stereocenters. The number of carbonyl (C=O) groups excluding carboxylic acids is 1. The van der Waals surface area contributed by atoms with Crippen LogP contribution in [0.2, 0.25) is 0 Å². The maximum absolute atomic E-state index is 12.2. The van der Waals surface area contributed by atoms with E-state index in [2.05, 4.69) is 23.2 Å². The quantitative estimate of drug-likeness (QED) is 0.824. The monoisotopic (exact) mass is 260 g/mol. The van der Waals surface area contributed by atoms with Gasteiger partial charge in [-0.3, -0.25) is 4.79 Å². The third-order valence-corrected chi connectivity index (χ3v) is 3.77. The number of ketones is 1. The molecule has 1 saturated heterocycles. The molecule has 0 saturated carbocycles. The van der Waals surface area contributed by atoms with Crippen molar-refractivity contribution >= 4 is 5.78 Å². The third kappa shape index (κ3) is 4.15. The molecule has 3 nitrogen and oxygen atoms in total. The van der Waals surface area contributed by atoms with Gasteiger partial charge in [-0.25, -0.2) is 0 Å². The summed E-state index contributed by atoms with van der Waals surface area (Å²) in [4.78, 5) is 14.6. The molecular formula is C16H24N2O. The summed E-state index contributed by atoms with van der Waals surface area (Å²) >= 11 is 0. The molecule has 1 aliphatic heterocycles. The molecule has 2 rings (SSSR count). The molecule has 1 fully saturated rings. The average molecular weight is 260 g/mol. The zero-order chi connectivity index (χ0) is 13.7. The molecule has 1 aromatic rings. The molecule has 0 aromatic heterocycles. The van der Waals surface area contributed by atoms with E-state index in [0.29, 0.717) is 6.42 Å². The fourth-order valence-corrected chi connectivity index (χ4v) is 2.66. The molecule has 0 aliphatic carbocycles. The number of hydrogen-bond donors (Lipinski definition) is 1. The molecule has 0 unspecified atom stereocenters. The highest BCUT2D eigenvalue weighted by Crippen LogP contribution is 2.13. The number of carbonyl (C=O) groups is 1.